The van der Waals surface area contributed by atoms with Gasteiger partial charge in [0, 0.05) is 18.8 Å². The van der Waals surface area contributed by atoms with Crippen LogP contribution in [-0.4, -0.2) is 8.42 Å². The topological polar surface area (TPSA) is 63.4 Å². The Hall–Kier alpha value is -2.84. The fraction of sp³-hybridized carbons (Fsp3) is 0.250. The molecule has 3 rings (SSSR count). The minimum atomic E-state index is -4.40. The summed E-state index contributed by atoms with van der Waals surface area (Å²) in [7, 11) is -3.89. The molecule has 3 aromatic rings. The summed E-state index contributed by atoms with van der Waals surface area (Å²) < 4.78 is 62.3. The van der Waals surface area contributed by atoms with E-state index in [-0.39, 0.29) is 11.4 Å². The molecule has 0 amide bonds. The molecule has 2 N–H and O–H groups in total. The van der Waals surface area contributed by atoms with E-state index in [0.717, 1.165) is 17.7 Å². The highest BCUT2D eigenvalue weighted by Crippen LogP contribution is 2.30. The Bertz CT molecular complexity index is 1160. The number of hydrogen-bond donors (Lipinski definition) is 1. The number of nitrogens with zero attached hydrogens (tertiary/aromatic N) is 1. The highest BCUT2D eigenvalue weighted by atomic mass is 32.2. The minimum Gasteiger partial charge on any atom is -0.363 e. The zero-order valence-electron chi connectivity index (χ0n) is 17.8. The van der Waals surface area contributed by atoms with Crippen LogP contribution in [0.25, 0.3) is 0 Å². The van der Waals surface area contributed by atoms with Gasteiger partial charge in [-0.05, 0) is 52.9 Å². The Morgan fingerprint density at radius 2 is 1.41 bits per heavy atom. The Morgan fingerprint density at radius 3 is 1.88 bits per heavy atom. The molecule has 3 aromatic carbocycles. The van der Waals surface area contributed by atoms with Crippen LogP contribution in [0.3, 0.4) is 0 Å². The van der Waals surface area contributed by atoms with Crippen LogP contribution in [0.5, 0.6) is 0 Å². The summed E-state index contributed by atoms with van der Waals surface area (Å²) in [4.78, 5) is 1.88. The molecular weight excluding hydrogens is 437 g/mol. The van der Waals surface area contributed by atoms with Crippen LogP contribution in [0.4, 0.5) is 18.9 Å². The van der Waals surface area contributed by atoms with Gasteiger partial charge in [-0.25, -0.2) is 13.6 Å². The van der Waals surface area contributed by atoms with Gasteiger partial charge in [-0.15, -0.1) is 0 Å². The lowest BCUT2D eigenvalue weighted by atomic mass is 10.0. The van der Waals surface area contributed by atoms with E-state index in [4.69, 9.17) is 5.14 Å². The van der Waals surface area contributed by atoms with Gasteiger partial charge in [-0.2, -0.15) is 13.2 Å². The molecule has 0 aliphatic heterocycles. The fourth-order valence-electron chi connectivity index (χ4n) is 3.34. The fourth-order valence-corrected chi connectivity index (χ4v) is 3.90. The van der Waals surface area contributed by atoms with E-state index in [2.05, 4.69) is 13.8 Å². The van der Waals surface area contributed by atoms with Crippen molar-refractivity contribution < 1.29 is 21.6 Å². The highest BCUT2D eigenvalue weighted by Gasteiger charge is 2.30. The first-order chi connectivity index (χ1) is 14.9. The van der Waals surface area contributed by atoms with Crippen LogP contribution < -0.4 is 10.0 Å². The van der Waals surface area contributed by atoms with Gasteiger partial charge >= 0.3 is 6.18 Å². The molecule has 0 aromatic heterocycles. The second-order valence-electron chi connectivity index (χ2n) is 7.99. The average Bonchev–Trinajstić information content (AvgIpc) is 2.73. The monoisotopic (exact) mass is 462 g/mol. The van der Waals surface area contributed by atoms with E-state index < -0.39 is 21.8 Å². The Kier molecular flexibility index (Phi) is 6.95. The quantitative estimate of drug-likeness (QED) is 0.491. The molecule has 4 nitrogen and oxygen atoms in total. The van der Waals surface area contributed by atoms with Gasteiger partial charge in [0.15, 0.2) is 0 Å². The molecule has 0 atom stereocenters. The van der Waals surface area contributed by atoms with E-state index in [0.29, 0.717) is 23.7 Å². The molecule has 32 heavy (non-hydrogen) atoms. The van der Waals surface area contributed by atoms with Crippen LogP contribution in [0.2, 0.25) is 0 Å². The third kappa shape index (κ3) is 6.11. The number of alkyl halides is 3. The van der Waals surface area contributed by atoms with Gasteiger partial charge in [-0.1, -0.05) is 56.3 Å². The maximum Gasteiger partial charge on any atom is 0.416 e. The standard InChI is InChI=1S/C24H25F3N2O2S/c1-17(2)20-10-6-18(7-11-20)15-29(22-4-3-5-23(14-22)32(28,30)31)16-19-8-12-21(13-9-19)24(25,26)27/h3-14,17H,15-16H2,1-2H3,(H2,28,30,31). The van der Waals surface area contributed by atoms with Crippen LogP contribution in [0.15, 0.2) is 77.7 Å². The van der Waals surface area contributed by atoms with Crippen molar-refractivity contribution in [1.29, 1.82) is 0 Å². The maximum atomic E-state index is 12.9. The van der Waals surface area contributed by atoms with Crippen molar-refractivity contribution in [2.45, 2.75) is 43.9 Å². The Morgan fingerprint density at radius 1 is 0.875 bits per heavy atom. The predicted molar refractivity (Wildman–Crippen MR) is 120 cm³/mol. The maximum absolute atomic E-state index is 12.9. The number of rotatable bonds is 7. The molecule has 0 bridgehead atoms. The van der Waals surface area contributed by atoms with Gasteiger partial charge in [0.25, 0.3) is 0 Å². The summed E-state index contributed by atoms with van der Waals surface area (Å²) >= 11 is 0. The van der Waals surface area contributed by atoms with E-state index in [1.807, 2.05) is 29.2 Å². The van der Waals surface area contributed by atoms with Crippen molar-refractivity contribution in [3.8, 4) is 0 Å². The van der Waals surface area contributed by atoms with Crippen molar-refractivity contribution in [3.05, 3.63) is 95.1 Å². The lowest BCUT2D eigenvalue weighted by molar-refractivity contribution is -0.137. The molecule has 0 aliphatic rings. The molecule has 0 unspecified atom stereocenters. The summed E-state index contributed by atoms with van der Waals surface area (Å²) in [5.41, 5.74) is 2.73. The van der Waals surface area contributed by atoms with Crippen molar-refractivity contribution in [3.63, 3.8) is 0 Å². The molecule has 0 radical (unpaired) electrons. The van der Waals surface area contributed by atoms with Crippen molar-refractivity contribution >= 4 is 15.7 Å². The third-order valence-corrected chi connectivity index (χ3v) is 6.10. The summed E-state index contributed by atoms with van der Waals surface area (Å²) in [5.74, 6) is 0.388. The molecule has 8 heteroatoms. The first kappa shape index (κ1) is 23.8. The number of halogens is 3. The van der Waals surface area contributed by atoms with E-state index in [9.17, 15) is 21.6 Å². The lowest BCUT2D eigenvalue weighted by Gasteiger charge is -2.26. The lowest BCUT2D eigenvalue weighted by Crippen LogP contribution is -2.23. The van der Waals surface area contributed by atoms with E-state index >= 15 is 0 Å². The number of benzene rings is 3. The zero-order valence-corrected chi connectivity index (χ0v) is 18.6. The van der Waals surface area contributed by atoms with Gasteiger partial charge in [0.1, 0.15) is 0 Å². The summed E-state index contributed by atoms with van der Waals surface area (Å²) in [6.07, 6.45) is -4.40. The average molecular weight is 463 g/mol. The van der Waals surface area contributed by atoms with Gasteiger partial charge in [0.2, 0.25) is 10.0 Å². The van der Waals surface area contributed by atoms with Crippen molar-refractivity contribution in [1.82, 2.24) is 0 Å². The molecule has 0 heterocycles. The SMILES string of the molecule is CC(C)c1ccc(CN(Cc2ccc(C(F)(F)F)cc2)c2cccc(S(N)(=O)=O)c2)cc1. The van der Waals surface area contributed by atoms with Crippen LogP contribution in [0, 0.1) is 0 Å². The molecule has 0 aliphatic carbocycles. The van der Waals surface area contributed by atoms with Crippen LogP contribution in [0.1, 0.15) is 42.0 Å². The summed E-state index contributed by atoms with van der Waals surface area (Å²) in [6.45, 7) is 4.93. The normalized spacial score (nSPS) is 12.2. The highest BCUT2D eigenvalue weighted by molar-refractivity contribution is 7.89. The third-order valence-electron chi connectivity index (χ3n) is 5.19. The number of primary sulfonamides is 1. The zero-order chi connectivity index (χ0) is 23.5. The molecule has 0 saturated carbocycles. The van der Waals surface area contributed by atoms with E-state index in [1.165, 1.54) is 29.8 Å². The first-order valence-corrected chi connectivity index (χ1v) is 11.6. The number of anilines is 1. The van der Waals surface area contributed by atoms with Gasteiger partial charge in [-0.3, -0.25) is 0 Å². The predicted octanol–water partition coefficient (Wildman–Crippen LogP) is 5.68. The largest absolute Gasteiger partial charge is 0.416 e. The first-order valence-electron chi connectivity index (χ1n) is 10.1. The van der Waals surface area contributed by atoms with Crippen LogP contribution in [-0.2, 0) is 29.3 Å². The minimum absolute atomic E-state index is 0.0254. The second-order valence-corrected chi connectivity index (χ2v) is 9.55. The van der Waals surface area contributed by atoms with Gasteiger partial charge in [0.05, 0.1) is 10.5 Å². The Labute approximate surface area is 186 Å². The number of nitrogens with two attached hydrogens (primary N) is 1. The summed E-state index contributed by atoms with van der Waals surface area (Å²) in [5, 5.41) is 5.28. The molecular formula is C24H25F3N2O2S. The Balaban J connectivity index is 1.94. The summed E-state index contributed by atoms with van der Waals surface area (Å²) in [6, 6.07) is 19.3. The van der Waals surface area contributed by atoms with Crippen molar-refractivity contribution in [2.24, 2.45) is 5.14 Å². The van der Waals surface area contributed by atoms with Crippen molar-refractivity contribution in [2.75, 3.05) is 4.90 Å². The molecule has 0 spiro atoms. The number of hydrogen-bond acceptors (Lipinski definition) is 3. The smallest absolute Gasteiger partial charge is 0.363 e. The number of sulfonamides is 1. The second kappa shape index (κ2) is 9.34. The van der Waals surface area contributed by atoms with Gasteiger partial charge < -0.3 is 4.90 Å². The molecule has 0 saturated heterocycles. The molecule has 0 fully saturated rings. The van der Waals surface area contributed by atoms with Crippen LogP contribution >= 0.6 is 0 Å². The van der Waals surface area contributed by atoms with E-state index in [1.54, 1.807) is 12.1 Å². The molecule has 170 valence electrons.